The Morgan fingerprint density at radius 1 is 1.22 bits per heavy atom. The number of hydrogen-bond acceptors (Lipinski definition) is 6. The van der Waals surface area contributed by atoms with Crippen LogP contribution in [0.4, 0.5) is 10.1 Å². The lowest BCUT2D eigenvalue weighted by Crippen LogP contribution is -2.29. The maximum Gasteiger partial charge on any atom is 0.350 e. The van der Waals surface area contributed by atoms with Crippen LogP contribution in [-0.4, -0.2) is 44.8 Å². The van der Waals surface area contributed by atoms with Gasteiger partial charge in [0.15, 0.2) is 0 Å². The molecule has 3 rings (SSSR count). The van der Waals surface area contributed by atoms with Crippen molar-refractivity contribution in [1.82, 2.24) is 4.31 Å². The van der Waals surface area contributed by atoms with Crippen molar-refractivity contribution in [2.75, 3.05) is 25.5 Å². The van der Waals surface area contributed by atoms with Crippen LogP contribution in [-0.2, 0) is 14.8 Å². The fourth-order valence-electron chi connectivity index (χ4n) is 2.76. The van der Waals surface area contributed by atoms with Crippen molar-refractivity contribution in [3.8, 4) is 0 Å². The van der Waals surface area contributed by atoms with E-state index in [9.17, 15) is 22.4 Å². The second-order valence-electron chi connectivity index (χ2n) is 5.87. The van der Waals surface area contributed by atoms with Crippen LogP contribution in [0.1, 0.15) is 32.9 Å². The molecule has 0 bridgehead atoms. The Balaban J connectivity index is 1.89. The van der Waals surface area contributed by atoms with Crippen molar-refractivity contribution in [2.24, 2.45) is 0 Å². The summed E-state index contributed by atoms with van der Waals surface area (Å²) < 4.78 is 45.3. The number of benzene rings is 1. The summed E-state index contributed by atoms with van der Waals surface area (Å²) in [5, 5.41) is 4.14. The SMILES string of the molecule is COC(=O)c1sccc1NC(=O)c1ccc(F)c(S(=O)(=O)N2CCCC2)c1. The molecule has 1 aliphatic heterocycles. The molecule has 1 aromatic heterocycles. The van der Waals surface area contributed by atoms with Gasteiger partial charge in [-0.15, -0.1) is 11.3 Å². The van der Waals surface area contributed by atoms with Crippen molar-refractivity contribution < 1.29 is 27.1 Å². The number of sulfonamides is 1. The normalized spacial score (nSPS) is 14.9. The Kier molecular flexibility index (Phi) is 5.59. The molecule has 27 heavy (non-hydrogen) atoms. The van der Waals surface area contributed by atoms with Crippen molar-refractivity contribution >= 4 is 38.9 Å². The van der Waals surface area contributed by atoms with E-state index < -0.39 is 32.6 Å². The van der Waals surface area contributed by atoms with Crippen LogP contribution >= 0.6 is 11.3 Å². The third kappa shape index (κ3) is 3.87. The summed E-state index contributed by atoms with van der Waals surface area (Å²) in [5.41, 5.74) is 0.210. The second kappa shape index (κ2) is 7.75. The van der Waals surface area contributed by atoms with E-state index in [0.29, 0.717) is 13.1 Å². The molecule has 0 radical (unpaired) electrons. The summed E-state index contributed by atoms with van der Waals surface area (Å²) in [6, 6.07) is 4.69. The number of carbonyl (C=O) groups is 2. The van der Waals surface area contributed by atoms with E-state index in [2.05, 4.69) is 10.1 Å². The zero-order chi connectivity index (χ0) is 19.6. The molecule has 7 nitrogen and oxygen atoms in total. The molecule has 1 aliphatic rings. The predicted molar refractivity (Wildman–Crippen MR) is 98.0 cm³/mol. The van der Waals surface area contributed by atoms with E-state index >= 15 is 0 Å². The maximum atomic E-state index is 14.2. The molecule has 10 heteroatoms. The first-order valence-corrected chi connectivity index (χ1v) is 10.4. The number of esters is 1. The molecule has 1 fully saturated rings. The van der Waals surface area contributed by atoms with Gasteiger partial charge in [0.2, 0.25) is 10.0 Å². The summed E-state index contributed by atoms with van der Waals surface area (Å²) in [7, 11) is -2.78. The van der Waals surface area contributed by atoms with Crippen LogP contribution in [0.3, 0.4) is 0 Å². The number of thiophene rings is 1. The lowest BCUT2D eigenvalue weighted by atomic mass is 10.2. The first kappa shape index (κ1) is 19.5. The summed E-state index contributed by atoms with van der Waals surface area (Å²) in [6.45, 7) is 0.658. The third-order valence-electron chi connectivity index (χ3n) is 4.16. The minimum atomic E-state index is -4.01. The number of rotatable bonds is 5. The van der Waals surface area contributed by atoms with Gasteiger partial charge in [-0.25, -0.2) is 17.6 Å². The van der Waals surface area contributed by atoms with Crippen LogP contribution in [0.2, 0.25) is 0 Å². The molecular formula is C17H17FN2O5S2. The minimum Gasteiger partial charge on any atom is -0.465 e. The Morgan fingerprint density at radius 3 is 2.59 bits per heavy atom. The number of nitrogens with one attached hydrogen (secondary N) is 1. The Morgan fingerprint density at radius 2 is 1.93 bits per heavy atom. The highest BCUT2D eigenvalue weighted by atomic mass is 32.2. The molecular weight excluding hydrogens is 395 g/mol. The van der Waals surface area contributed by atoms with Gasteiger partial charge in [0, 0.05) is 18.7 Å². The largest absolute Gasteiger partial charge is 0.465 e. The topological polar surface area (TPSA) is 92.8 Å². The number of anilines is 1. The fraction of sp³-hybridized carbons (Fsp3) is 0.294. The molecule has 0 saturated carbocycles. The highest BCUT2D eigenvalue weighted by Crippen LogP contribution is 2.26. The molecule has 2 aromatic rings. The fourth-order valence-corrected chi connectivity index (χ4v) is 5.14. The number of hydrogen-bond donors (Lipinski definition) is 1. The summed E-state index contributed by atoms with van der Waals surface area (Å²) in [5.74, 6) is -2.17. The number of methoxy groups -OCH3 is 1. The van der Waals surface area contributed by atoms with Crippen LogP contribution in [0, 0.1) is 5.82 Å². The van der Waals surface area contributed by atoms with Crippen molar-refractivity contribution in [1.29, 1.82) is 0 Å². The second-order valence-corrected chi connectivity index (χ2v) is 8.69. The molecule has 1 aromatic carbocycles. The standard InChI is InChI=1S/C17H17FN2O5S2/c1-25-17(22)15-13(6-9-26-15)19-16(21)11-4-5-12(18)14(10-11)27(23,24)20-7-2-3-8-20/h4-6,9-10H,2-3,7-8H2,1H3,(H,19,21). The van der Waals surface area contributed by atoms with Gasteiger partial charge in [0.25, 0.3) is 5.91 Å². The summed E-state index contributed by atoms with van der Waals surface area (Å²) in [4.78, 5) is 23.9. The van der Waals surface area contributed by atoms with Crippen LogP contribution in [0.5, 0.6) is 0 Å². The van der Waals surface area contributed by atoms with Gasteiger partial charge in [0.05, 0.1) is 12.8 Å². The van der Waals surface area contributed by atoms with E-state index in [1.807, 2.05) is 0 Å². The molecule has 0 spiro atoms. The van der Waals surface area contributed by atoms with E-state index in [-0.39, 0.29) is 16.1 Å². The van der Waals surface area contributed by atoms with E-state index in [4.69, 9.17) is 0 Å². The Hall–Kier alpha value is -2.30. The van der Waals surface area contributed by atoms with Crippen molar-refractivity contribution in [3.05, 3.63) is 45.9 Å². The lowest BCUT2D eigenvalue weighted by molar-refractivity contribution is 0.0607. The first-order valence-electron chi connectivity index (χ1n) is 8.11. The van der Waals surface area contributed by atoms with E-state index in [1.54, 1.807) is 5.38 Å². The molecule has 1 N–H and O–H groups in total. The quantitative estimate of drug-likeness (QED) is 0.763. The molecule has 144 valence electrons. The highest BCUT2D eigenvalue weighted by molar-refractivity contribution is 7.89. The summed E-state index contributed by atoms with van der Waals surface area (Å²) >= 11 is 1.09. The molecule has 1 amide bonds. The number of amides is 1. The van der Waals surface area contributed by atoms with Gasteiger partial charge in [-0.2, -0.15) is 4.31 Å². The average molecular weight is 412 g/mol. The maximum absolute atomic E-state index is 14.2. The van der Waals surface area contributed by atoms with Gasteiger partial charge >= 0.3 is 5.97 Å². The van der Waals surface area contributed by atoms with Gasteiger partial charge in [-0.1, -0.05) is 0 Å². The number of ether oxygens (including phenoxy) is 1. The third-order valence-corrected chi connectivity index (χ3v) is 6.97. The van der Waals surface area contributed by atoms with Crippen LogP contribution in [0.25, 0.3) is 0 Å². The zero-order valence-electron chi connectivity index (χ0n) is 14.4. The number of carbonyl (C=O) groups excluding carboxylic acids is 2. The van der Waals surface area contributed by atoms with Gasteiger partial charge < -0.3 is 10.1 Å². The first-order chi connectivity index (χ1) is 12.8. The zero-order valence-corrected chi connectivity index (χ0v) is 16.0. The van der Waals surface area contributed by atoms with Gasteiger partial charge in [-0.05, 0) is 42.5 Å². The number of halogens is 1. The van der Waals surface area contributed by atoms with E-state index in [0.717, 1.165) is 36.3 Å². The molecule has 0 atom stereocenters. The minimum absolute atomic E-state index is 0.0313. The summed E-state index contributed by atoms with van der Waals surface area (Å²) in [6.07, 6.45) is 1.44. The van der Waals surface area contributed by atoms with Crippen LogP contribution in [0.15, 0.2) is 34.5 Å². The van der Waals surface area contributed by atoms with Crippen LogP contribution < -0.4 is 5.32 Å². The highest BCUT2D eigenvalue weighted by Gasteiger charge is 2.30. The monoisotopic (exact) mass is 412 g/mol. The molecule has 1 saturated heterocycles. The Bertz CT molecular complexity index is 981. The molecule has 0 aliphatic carbocycles. The van der Waals surface area contributed by atoms with E-state index in [1.165, 1.54) is 23.5 Å². The molecule has 2 heterocycles. The predicted octanol–water partition coefficient (Wildman–Crippen LogP) is 2.71. The number of nitrogens with zero attached hydrogens (tertiary/aromatic N) is 1. The van der Waals surface area contributed by atoms with Gasteiger partial charge in [0.1, 0.15) is 15.6 Å². The van der Waals surface area contributed by atoms with Crippen molar-refractivity contribution in [2.45, 2.75) is 17.7 Å². The Labute approximate surface area is 159 Å². The molecule has 0 unspecified atom stereocenters. The van der Waals surface area contributed by atoms with Gasteiger partial charge in [-0.3, -0.25) is 4.79 Å². The van der Waals surface area contributed by atoms with Crippen molar-refractivity contribution in [3.63, 3.8) is 0 Å². The smallest absolute Gasteiger partial charge is 0.350 e. The lowest BCUT2D eigenvalue weighted by Gasteiger charge is -2.16. The average Bonchev–Trinajstić information content (AvgIpc) is 3.33.